The smallest absolute Gasteiger partial charge is 0.279 e. The second kappa shape index (κ2) is 9.52. The first-order chi connectivity index (χ1) is 15.7. The zero-order valence-electron chi connectivity index (χ0n) is 19.7. The first-order valence-corrected chi connectivity index (χ1v) is 13.8. The molecule has 1 aliphatic heterocycles. The van der Waals surface area contributed by atoms with Gasteiger partial charge >= 0.3 is 0 Å². The van der Waals surface area contributed by atoms with E-state index in [-0.39, 0.29) is 10.8 Å². The van der Waals surface area contributed by atoms with E-state index in [0.29, 0.717) is 29.4 Å². The number of sulfonamides is 1. The highest BCUT2D eigenvalue weighted by molar-refractivity contribution is 7.89. The van der Waals surface area contributed by atoms with Crippen molar-refractivity contribution < 1.29 is 13.2 Å². The Kier molecular flexibility index (Phi) is 6.88. The van der Waals surface area contributed by atoms with Gasteiger partial charge in [0.05, 0.1) is 15.1 Å². The minimum absolute atomic E-state index is 0.225. The Morgan fingerprint density at radius 1 is 1.09 bits per heavy atom. The van der Waals surface area contributed by atoms with Crippen LogP contribution < -0.4 is 4.80 Å². The van der Waals surface area contributed by atoms with Crippen LogP contribution in [0.25, 0.3) is 10.2 Å². The van der Waals surface area contributed by atoms with E-state index in [1.165, 1.54) is 34.6 Å². The molecule has 1 amide bonds. The predicted molar refractivity (Wildman–Crippen MR) is 133 cm³/mol. The van der Waals surface area contributed by atoms with Gasteiger partial charge in [-0.15, -0.1) is 0 Å². The third kappa shape index (κ3) is 4.83. The zero-order valence-corrected chi connectivity index (χ0v) is 21.3. The molecule has 1 aromatic heterocycles. The molecule has 176 valence electrons. The summed E-state index contributed by atoms with van der Waals surface area (Å²) in [5.74, 6) is 0.186. The van der Waals surface area contributed by atoms with Gasteiger partial charge in [-0.1, -0.05) is 25.2 Å². The number of hydrogen-bond donors (Lipinski definition) is 0. The van der Waals surface area contributed by atoms with Crippen LogP contribution in [0.4, 0.5) is 0 Å². The van der Waals surface area contributed by atoms with Crippen LogP contribution in [-0.2, 0) is 16.6 Å². The van der Waals surface area contributed by atoms with E-state index in [1.54, 1.807) is 16.4 Å². The lowest BCUT2D eigenvalue weighted by Crippen LogP contribution is -2.37. The van der Waals surface area contributed by atoms with Crippen molar-refractivity contribution in [2.45, 2.75) is 58.4 Å². The van der Waals surface area contributed by atoms with Gasteiger partial charge < -0.3 is 4.57 Å². The molecule has 1 aliphatic rings. The van der Waals surface area contributed by atoms with Crippen molar-refractivity contribution in [3.63, 3.8) is 0 Å². The number of aryl methyl sites for hydroxylation is 3. The molecule has 1 fully saturated rings. The van der Waals surface area contributed by atoms with Crippen LogP contribution in [0.1, 0.15) is 54.6 Å². The Labute approximate surface area is 199 Å². The van der Waals surface area contributed by atoms with Crippen LogP contribution >= 0.6 is 11.3 Å². The lowest BCUT2D eigenvalue weighted by atomic mass is 10.0. The molecule has 0 bridgehead atoms. The average Bonchev–Trinajstić information content (AvgIpc) is 3.10. The van der Waals surface area contributed by atoms with E-state index < -0.39 is 10.0 Å². The summed E-state index contributed by atoms with van der Waals surface area (Å²) in [6.07, 6.45) is 2.68. The number of carbonyl (C=O) groups is 1. The fourth-order valence-corrected chi connectivity index (χ4v) is 6.75. The Morgan fingerprint density at radius 2 is 1.73 bits per heavy atom. The van der Waals surface area contributed by atoms with Crippen molar-refractivity contribution in [3.05, 3.63) is 57.9 Å². The van der Waals surface area contributed by atoms with Crippen molar-refractivity contribution in [2.24, 2.45) is 10.9 Å². The van der Waals surface area contributed by atoms with Crippen molar-refractivity contribution in [2.75, 3.05) is 13.1 Å². The van der Waals surface area contributed by atoms with Gasteiger partial charge in [-0.2, -0.15) is 9.30 Å². The molecule has 8 heteroatoms. The molecule has 4 rings (SSSR count). The minimum atomic E-state index is -3.54. The largest absolute Gasteiger partial charge is 0.316 e. The number of aromatic nitrogens is 1. The Balaban J connectivity index is 1.64. The highest BCUT2D eigenvalue weighted by atomic mass is 32.2. The number of benzene rings is 2. The number of nitrogens with zero attached hydrogens (tertiary/aromatic N) is 3. The normalized spacial score (nSPS) is 16.5. The quantitative estimate of drug-likeness (QED) is 0.516. The van der Waals surface area contributed by atoms with Gasteiger partial charge in [-0.05, 0) is 86.6 Å². The van der Waals surface area contributed by atoms with Crippen LogP contribution in [0.5, 0.6) is 0 Å². The maximum absolute atomic E-state index is 13.0. The van der Waals surface area contributed by atoms with E-state index >= 15 is 0 Å². The summed E-state index contributed by atoms with van der Waals surface area (Å²) in [6, 6.07) is 10.5. The number of rotatable bonds is 5. The Morgan fingerprint density at radius 3 is 2.36 bits per heavy atom. The van der Waals surface area contributed by atoms with E-state index in [2.05, 4.69) is 49.4 Å². The Bertz CT molecular complexity index is 1340. The minimum Gasteiger partial charge on any atom is -0.316 e. The zero-order chi connectivity index (χ0) is 23.8. The highest BCUT2D eigenvalue weighted by Gasteiger charge is 2.28. The molecular weight excluding hydrogens is 454 g/mol. The SMILES string of the molecule is CCCn1c(=NC(=O)c2ccc(S(=O)(=O)N3CCC(C)CC3)cc2)sc2cc(C)c(C)cc21. The number of carbonyl (C=O) groups excluding carboxylic acids is 1. The van der Waals surface area contributed by atoms with Crippen molar-refractivity contribution >= 4 is 37.5 Å². The van der Waals surface area contributed by atoms with E-state index in [1.807, 2.05) is 0 Å². The highest BCUT2D eigenvalue weighted by Crippen LogP contribution is 2.24. The fraction of sp³-hybridized carbons (Fsp3) is 0.440. The molecule has 2 aromatic carbocycles. The van der Waals surface area contributed by atoms with Crippen LogP contribution in [0, 0.1) is 19.8 Å². The molecule has 0 unspecified atom stereocenters. The van der Waals surface area contributed by atoms with Crippen molar-refractivity contribution in [1.29, 1.82) is 0 Å². The number of fused-ring (bicyclic) bond motifs is 1. The third-order valence-corrected chi connectivity index (χ3v) is 9.38. The summed E-state index contributed by atoms with van der Waals surface area (Å²) in [7, 11) is -3.54. The van der Waals surface area contributed by atoms with Crippen LogP contribution in [0.15, 0.2) is 46.3 Å². The number of piperidine rings is 1. The molecule has 3 aromatic rings. The first kappa shape index (κ1) is 23.9. The fourth-order valence-electron chi connectivity index (χ4n) is 4.14. The van der Waals surface area contributed by atoms with E-state index in [4.69, 9.17) is 0 Å². The first-order valence-electron chi connectivity index (χ1n) is 11.5. The number of hydrogen-bond acceptors (Lipinski definition) is 4. The summed E-state index contributed by atoms with van der Waals surface area (Å²) in [5.41, 5.74) is 3.90. The lowest BCUT2D eigenvalue weighted by molar-refractivity contribution is 0.0997. The molecule has 1 saturated heterocycles. The van der Waals surface area contributed by atoms with Crippen LogP contribution in [0.2, 0.25) is 0 Å². The summed E-state index contributed by atoms with van der Waals surface area (Å²) < 4.78 is 30.7. The van der Waals surface area contributed by atoms with Gasteiger partial charge in [0.1, 0.15) is 0 Å². The summed E-state index contributed by atoms with van der Waals surface area (Å²) >= 11 is 1.51. The van der Waals surface area contributed by atoms with Gasteiger partial charge in [0, 0.05) is 25.2 Å². The molecular formula is C25H31N3O3S2. The predicted octanol–water partition coefficient (Wildman–Crippen LogP) is 4.89. The van der Waals surface area contributed by atoms with Crippen LogP contribution in [-0.4, -0.2) is 36.3 Å². The summed E-state index contributed by atoms with van der Waals surface area (Å²) in [5, 5.41) is 0. The van der Waals surface area contributed by atoms with Gasteiger partial charge in [0.15, 0.2) is 4.80 Å². The maximum Gasteiger partial charge on any atom is 0.279 e. The molecule has 0 saturated carbocycles. The molecule has 33 heavy (non-hydrogen) atoms. The second-order valence-electron chi connectivity index (χ2n) is 8.97. The van der Waals surface area contributed by atoms with E-state index in [9.17, 15) is 13.2 Å². The number of thiazole rings is 1. The molecule has 6 nitrogen and oxygen atoms in total. The summed E-state index contributed by atoms with van der Waals surface area (Å²) in [4.78, 5) is 18.3. The van der Waals surface area contributed by atoms with E-state index in [0.717, 1.165) is 36.0 Å². The van der Waals surface area contributed by atoms with Gasteiger partial charge in [-0.25, -0.2) is 8.42 Å². The number of amides is 1. The maximum atomic E-state index is 13.0. The van der Waals surface area contributed by atoms with Crippen molar-refractivity contribution in [3.8, 4) is 0 Å². The average molecular weight is 486 g/mol. The van der Waals surface area contributed by atoms with Crippen molar-refractivity contribution in [1.82, 2.24) is 8.87 Å². The lowest BCUT2D eigenvalue weighted by Gasteiger charge is -2.29. The topological polar surface area (TPSA) is 71.7 Å². The molecule has 0 aliphatic carbocycles. The molecule has 0 spiro atoms. The molecule has 0 atom stereocenters. The third-order valence-electron chi connectivity index (χ3n) is 6.42. The second-order valence-corrected chi connectivity index (χ2v) is 11.9. The van der Waals surface area contributed by atoms with Gasteiger partial charge in [-0.3, -0.25) is 4.79 Å². The molecule has 0 radical (unpaired) electrons. The van der Waals surface area contributed by atoms with Crippen LogP contribution in [0.3, 0.4) is 0 Å². The summed E-state index contributed by atoms with van der Waals surface area (Å²) in [6.45, 7) is 10.3. The monoisotopic (exact) mass is 485 g/mol. The van der Waals surface area contributed by atoms with Gasteiger partial charge in [0.25, 0.3) is 5.91 Å². The molecule has 0 N–H and O–H groups in total. The molecule has 2 heterocycles. The Hall–Kier alpha value is -2.29. The standard InChI is InChI=1S/C25H31N3O3S2/c1-5-12-28-22-15-18(3)19(4)16-23(22)32-25(28)26-24(29)20-6-8-21(9-7-20)33(30,31)27-13-10-17(2)11-14-27/h6-9,15-17H,5,10-14H2,1-4H3. The van der Waals surface area contributed by atoms with Gasteiger partial charge in [0.2, 0.25) is 10.0 Å².